The Morgan fingerprint density at radius 2 is 1.94 bits per heavy atom. The number of nitrogens with one attached hydrogen (secondary N) is 1. The Balaban J connectivity index is 1.33. The smallest absolute Gasteiger partial charge is 0.119 e. The molecule has 0 radical (unpaired) electrons. The third kappa shape index (κ3) is 3.30. The van der Waals surface area contributed by atoms with Gasteiger partial charge in [0.25, 0.3) is 0 Å². The van der Waals surface area contributed by atoms with Crippen molar-refractivity contribution in [1.29, 1.82) is 0 Å². The second-order valence-electron chi connectivity index (χ2n) is 10.7. The fourth-order valence-corrected chi connectivity index (χ4v) is 7.10. The van der Waals surface area contributed by atoms with E-state index in [2.05, 4.69) is 58.7 Å². The molecule has 3 fully saturated rings. The average Bonchev–Trinajstić information content (AvgIpc) is 3.64. The second-order valence-corrected chi connectivity index (χ2v) is 10.7. The van der Waals surface area contributed by atoms with Gasteiger partial charge in [0.15, 0.2) is 0 Å². The van der Waals surface area contributed by atoms with Gasteiger partial charge in [-0.1, -0.05) is 36.4 Å². The number of likely N-dealkylation sites (tertiary alicyclic amines) is 1. The van der Waals surface area contributed by atoms with Crippen LogP contribution in [-0.4, -0.2) is 47.9 Å². The van der Waals surface area contributed by atoms with Crippen LogP contribution >= 0.6 is 0 Å². The van der Waals surface area contributed by atoms with E-state index in [1.807, 2.05) is 0 Å². The van der Waals surface area contributed by atoms with E-state index in [0.29, 0.717) is 6.04 Å². The number of nitrogens with zero attached hydrogens (tertiary/aromatic N) is 1. The van der Waals surface area contributed by atoms with Crippen LogP contribution in [0.1, 0.15) is 55.2 Å². The second kappa shape index (κ2) is 7.86. The van der Waals surface area contributed by atoms with Gasteiger partial charge in [0, 0.05) is 30.6 Å². The third-order valence-electron chi connectivity index (χ3n) is 9.00. The van der Waals surface area contributed by atoms with Crippen LogP contribution in [0.3, 0.4) is 0 Å². The SMILES string of the molecule is COc1ccc2c(c1)[C@@]13CC[C@H](NCc4ccccc4)C[C@@]1(O)[C@@H](C2)N(CC1CC1)CC3. The maximum absolute atomic E-state index is 12.6. The molecular weight excluding hydrogens is 396 g/mol. The number of piperidine rings is 1. The van der Waals surface area contributed by atoms with E-state index in [0.717, 1.165) is 63.4 Å². The molecule has 2 aromatic carbocycles. The monoisotopic (exact) mass is 432 g/mol. The van der Waals surface area contributed by atoms with E-state index in [9.17, 15) is 5.11 Å². The Labute approximate surface area is 192 Å². The van der Waals surface area contributed by atoms with E-state index in [1.54, 1.807) is 7.11 Å². The summed E-state index contributed by atoms with van der Waals surface area (Å²) < 4.78 is 5.61. The zero-order chi connectivity index (χ0) is 21.8. The van der Waals surface area contributed by atoms with E-state index < -0.39 is 5.60 Å². The summed E-state index contributed by atoms with van der Waals surface area (Å²) in [5.74, 6) is 1.77. The molecule has 0 aromatic heterocycles. The van der Waals surface area contributed by atoms with Gasteiger partial charge < -0.3 is 15.2 Å². The molecule has 4 heteroatoms. The van der Waals surface area contributed by atoms with Crippen LogP contribution in [0.5, 0.6) is 5.75 Å². The van der Waals surface area contributed by atoms with Crippen molar-refractivity contribution in [1.82, 2.24) is 10.2 Å². The van der Waals surface area contributed by atoms with Crippen molar-refractivity contribution in [3.05, 3.63) is 65.2 Å². The van der Waals surface area contributed by atoms with Crippen molar-refractivity contribution in [3.63, 3.8) is 0 Å². The molecule has 2 bridgehead atoms. The number of fused-ring (bicyclic) bond motifs is 1. The van der Waals surface area contributed by atoms with Crippen LogP contribution in [0.25, 0.3) is 0 Å². The first-order valence-corrected chi connectivity index (χ1v) is 12.5. The first kappa shape index (κ1) is 20.7. The van der Waals surface area contributed by atoms with Crippen LogP contribution in [0.15, 0.2) is 48.5 Å². The minimum absolute atomic E-state index is 0.148. The van der Waals surface area contributed by atoms with Gasteiger partial charge in [0.05, 0.1) is 12.7 Å². The molecule has 4 atom stereocenters. The number of hydrogen-bond acceptors (Lipinski definition) is 4. The third-order valence-corrected chi connectivity index (χ3v) is 9.00. The molecule has 32 heavy (non-hydrogen) atoms. The van der Waals surface area contributed by atoms with E-state index >= 15 is 0 Å². The zero-order valence-corrected chi connectivity index (χ0v) is 19.2. The van der Waals surface area contributed by atoms with E-state index in [1.165, 1.54) is 29.5 Å². The maximum Gasteiger partial charge on any atom is 0.119 e. The van der Waals surface area contributed by atoms with Gasteiger partial charge in [0.1, 0.15) is 5.75 Å². The summed E-state index contributed by atoms with van der Waals surface area (Å²) in [6.45, 7) is 3.15. The lowest BCUT2D eigenvalue weighted by atomic mass is 9.49. The van der Waals surface area contributed by atoms with Gasteiger partial charge in [-0.15, -0.1) is 0 Å². The van der Waals surface area contributed by atoms with E-state index in [4.69, 9.17) is 4.74 Å². The van der Waals surface area contributed by atoms with Crippen molar-refractivity contribution < 1.29 is 9.84 Å². The van der Waals surface area contributed by atoms with Gasteiger partial charge in [0.2, 0.25) is 0 Å². The van der Waals surface area contributed by atoms with Gasteiger partial charge in [-0.2, -0.15) is 0 Å². The predicted molar refractivity (Wildman–Crippen MR) is 127 cm³/mol. The summed E-state index contributed by atoms with van der Waals surface area (Å²) in [6.07, 6.45) is 7.73. The molecule has 170 valence electrons. The largest absolute Gasteiger partial charge is 0.497 e. The highest BCUT2D eigenvalue weighted by Crippen LogP contribution is 2.58. The predicted octanol–water partition coefficient (Wildman–Crippen LogP) is 4.05. The molecule has 1 aliphatic heterocycles. The molecule has 6 rings (SSSR count). The number of ether oxygens (including phenoxy) is 1. The summed E-state index contributed by atoms with van der Waals surface area (Å²) in [6, 6.07) is 17.8. The van der Waals surface area contributed by atoms with Crippen LogP contribution in [0.4, 0.5) is 0 Å². The Morgan fingerprint density at radius 3 is 2.72 bits per heavy atom. The number of methoxy groups -OCH3 is 1. The zero-order valence-electron chi connectivity index (χ0n) is 19.2. The number of aliphatic hydroxyl groups is 1. The van der Waals surface area contributed by atoms with Crippen LogP contribution < -0.4 is 10.1 Å². The number of rotatable bonds is 6. The molecule has 0 spiro atoms. The quantitative estimate of drug-likeness (QED) is 0.723. The molecule has 0 unspecified atom stereocenters. The molecule has 2 aromatic rings. The van der Waals surface area contributed by atoms with Gasteiger partial charge >= 0.3 is 0 Å². The van der Waals surface area contributed by atoms with Crippen LogP contribution in [-0.2, 0) is 18.4 Å². The Kier molecular flexibility index (Phi) is 5.09. The molecule has 1 heterocycles. The number of benzene rings is 2. The standard InChI is InChI=1S/C28H36N2O2/c1-32-24-10-9-22-15-26-28(31)17-23(29-18-20-5-3-2-4-6-20)11-12-27(28,25(22)16-24)13-14-30(26)19-21-7-8-21/h2-6,9-10,16,21,23,26,29,31H,7-8,11-15,17-19H2,1H3/t23-,26+,27-,28+/m0/s1. The molecule has 1 saturated heterocycles. The summed E-state index contributed by atoms with van der Waals surface area (Å²) >= 11 is 0. The normalized spacial score (nSPS) is 33.9. The van der Waals surface area contributed by atoms with Gasteiger partial charge in [-0.3, -0.25) is 4.90 Å². The minimum Gasteiger partial charge on any atom is -0.497 e. The fraction of sp³-hybridized carbons (Fsp3) is 0.571. The average molecular weight is 433 g/mol. The molecule has 4 nitrogen and oxygen atoms in total. The summed E-state index contributed by atoms with van der Waals surface area (Å²) in [5, 5.41) is 16.4. The number of hydrogen-bond donors (Lipinski definition) is 2. The fourth-order valence-electron chi connectivity index (χ4n) is 7.10. The minimum atomic E-state index is -0.688. The first-order valence-electron chi connectivity index (χ1n) is 12.5. The molecule has 2 N–H and O–H groups in total. The van der Waals surface area contributed by atoms with Gasteiger partial charge in [-0.05, 0) is 86.2 Å². The molecule has 4 aliphatic rings. The molecular formula is C28H36N2O2. The Morgan fingerprint density at radius 1 is 1.09 bits per heavy atom. The molecule has 2 saturated carbocycles. The Bertz CT molecular complexity index is 975. The lowest BCUT2D eigenvalue weighted by molar-refractivity contribution is -0.172. The van der Waals surface area contributed by atoms with E-state index in [-0.39, 0.29) is 11.5 Å². The van der Waals surface area contributed by atoms with Crippen LogP contribution in [0.2, 0.25) is 0 Å². The highest BCUT2D eigenvalue weighted by Gasteiger charge is 2.64. The highest BCUT2D eigenvalue weighted by atomic mass is 16.5. The highest BCUT2D eigenvalue weighted by molar-refractivity contribution is 5.48. The Hall–Kier alpha value is -1.88. The van der Waals surface area contributed by atoms with Crippen molar-refractivity contribution in [2.24, 2.45) is 5.92 Å². The summed E-state index contributed by atoms with van der Waals surface area (Å²) in [4.78, 5) is 2.66. The lowest BCUT2D eigenvalue weighted by Crippen LogP contribution is -2.74. The summed E-state index contributed by atoms with van der Waals surface area (Å²) in [5.41, 5.74) is 3.27. The maximum atomic E-state index is 12.6. The lowest BCUT2D eigenvalue weighted by Gasteiger charge is -2.65. The first-order chi connectivity index (χ1) is 15.6. The van der Waals surface area contributed by atoms with Crippen molar-refractivity contribution in [2.45, 2.75) is 74.6 Å². The summed E-state index contributed by atoms with van der Waals surface area (Å²) in [7, 11) is 1.75. The van der Waals surface area contributed by atoms with Crippen molar-refractivity contribution >= 4 is 0 Å². The molecule has 0 amide bonds. The van der Waals surface area contributed by atoms with Crippen molar-refractivity contribution in [3.8, 4) is 5.75 Å². The topological polar surface area (TPSA) is 44.7 Å². The molecule has 3 aliphatic carbocycles. The van der Waals surface area contributed by atoms with Gasteiger partial charge in [-0.25, -0.2) is 0 Å². The van der Waals surface area contributed by atoms with Crippen LogP contribution in [0, 0.1) is 5.92 Å². The van der Waals surface area contributed by atoms with Crippen molar-refractivity contribution in [2.75, 3.05) is 20.2 Å².